The molecule has 1 atom stereocenters. The van der Waals surface area contributed by atoms with Gasteiger partial charge in [-0.2, -0.15) is 0 Å². The lowest BCUT2D eigenvalue weighted by molar-refractivity contribution is -0.954. The maximum Gasteiger partial charge on any atom is 0.417 e. The van der Waals surface area contributed by atoms with Gasteiger partial charge in [0, 0.05) is 35.9 Å². The van der Waals surface area contributed by atoms with Crippen LogP contribution in [0.2, 0.25) is 0 Å². The molecule has 1 unspecified atom stereocenters. The molecular weight excluding hydrogens is 560 g/mol. The minimum absolute atomic E-state index is 0.678. The summed E-state index contributed by atoms with van der Waals surface area (Å²) in [7, 11) is 0. The normalized spacial score (nSPS) is 17.3. The van der Waals surface area contributed by atoms with Gasteiger partial charge in [0.25, 0.3) is 0 Å². The van der Waals surface area contributed by atoms with Crippen molar-refractivity contribution in [1.29, 1.82) is 0 Å². The zero-order valence-electron chi connectivity index (χ0n) is 27.5. The highest BCUT2D eigenvalue weighted by molar-refractivity contribution is 6.12. The zero-order valence-corrected chi connectivity index (χ0v) is 26.5. The van der Waals surface area contributed by atoms with E-state index in [0.717, 1.165) is 50.7 Å². The third kappa shape index (κ3) is 3.04. The van der Waals surface area contributed by atoms with Crippen LogP contribution in [-0.2, 0) is 12.1 Å². The van der Waals surface area contributed by atoms with E-state index >= 15 is 0 Å². The summed E-state index contributed by atoms with van der Waals surface area (Å²) in [5, 5.41) is 2.27. The Morgan fingerprint density at radius 2 is 1.52 bits per heavy atom. The Morgan fingerprint density at radius 1 is 0.739 bits per heavy atom. The van der Waals surface area contributed by atoms with Crippen molar-refractivity contribution in [3.05, 3.63) is 148 Å². The van der Waals surface area contributed by atoms with E-state index in [2.05, 4.69) is 139 Å². The number of furan rings is 1. The fraction of sp³-hybridized carbons (Fsp3) is 0.163. The van der Waals surface area contributed by atoms with E-state index in [1.54, 1.807) is 0 Å². The molecule has 3 heteroatoms. The van der Waals surface area contributed by atoms with Crippen LogP contribution in [0.1, 0.15) is 60.1 Å². The Morgan fingerprint density at radius 3 is 2.37 bits per heavy atom. The monoisotopic (exact) mass is 595 g/mol. The van der Waals surface area contributed by atoms with Crippen LogP contribution in [0.4, 0.5) is 0 Å². The number of hydrogen-bond donors (Lipinski definition) is 0. The van der Waals surface area contributed by atoms with Crippen molar-refractivity contribution < 1.29 is 14.9 Å². The van der Waals surface area contributed by atoms with Crippen molar-refractivity contribution in [2.75, 3.05) is 0 Å². The molecule has 3 nitrogen and oxygen atoms in total. The Balaban J connectivity index is 1.43. The quantitative estimate of drug-likeness (QED) is 0.182. The second-order valence-corrected chi connectivity index (χ2v) is 13.4. The molecular formula is C43H34N2O+2. The minimum Gasteiger partial charge on any atom is -0.454 e. The summed E-state index contributed by atoms with van der Waals surface area (Å²) in [4.78, 5) is 0. The van der Waals surface area contributed by atoms with Gasteiger partial charge in [0.05, 0.1) is 11.1 Å². The van der Waals surface area contributed by atoms with Crippen molar-refractivity contribution in [2.24, 2.45) is 0 Å². The van der Waals surface area contributed by atoms with Crippen LogP contribution in [0.3, 0.4) is 0 Å². The summed E-state index contributed by atoms with van der Waals surface area (Å²) in [6.45, 7) is 8.39. The molecule has 0 saturated heterocycles. The van der Waals surface area contributed by atoms with Crippen LogP contribution >= 0.6 is 0 Å². The number of rotatable bonds is 2. The van der Waals surface area contributed by atoms with Gasteiger partial charge in [0.15, 0.2) is 12.4 Å². The predicted molar refractivity (Wildman–Crippen MR) is 185 cm³/mol. The van der Waals surface area contributed by atoms with Gasteiger partial charge in [-0.1, -0.05) is 68.5 Å². The van der Waals surface area contributed by atoms with Crippen LogP contribution in [0.15, 0.2) is 114 Å². The molecule has 5 heterocycles. The van der Waals surface area contributed by atoms with E-state index in [9.17, 15) is 1.37 Å². The lowest BCUT2D eigenvalue weighted by atomic mass is 9.88. The Hall–Kier alpha value is -5.28. The molecule has 4 aromatic carbocycles. The highest BCUT2D eigenvalue weighted by Crippen LogP contribution is 2.52. The molecule has 0 fully saturated rings. The molecule has 0 saturated carbocycles. The fourth-order valence-electron chi connectivity index (χ4n) is 8.77. The third-order valence-electron chi connectivity index (χ3n) is 10.7. The van der Waals surface area contributed by atoms with Crippen LogP contribution < -0.4 is 9.13 Å². The molecule has 3 aromatic heterocycles. The number of aromatic nitrogens is 2. The Bertz CT molecular complexity index is 2500. The molecule has 46 heavy (non-hydrogen) atoms. The van der Waals surface area contributed by atoms with Gasteiger partial charge in [-0.15, -0.1) is 9.13 Å². The van der Waals surface area contributed by atoms with E-state index < -0.39 is 11.6 Å². The first kappa shape index (κ1) is 25.0. The predicted octanol–water partition coefficient (Wildman–Crippen LogP) is 9.40. The topological polar surface area (TPSA) is 20.9 Å². The van der Waals surface area contributed by atoms with Gasteiger partial charge in [-0.05, 0) is 84.3 Å². The molecule has 2 aliphatic heterocycles. The summed E-state index contributed by atoms with van der Waals surface area (Å²) in [5.41, 5.74) is 16.4. The van der Waals surface area contributed by atoms with E-state index in [-0.39, 0.29) is 0 Å². The van der Waals surface area contributed by atoms with Crippen LogP contribution in [0.5, 0.6) is 0 Å². The lowest BCUT2D eigenvalue weighted by Gasteiger charge is -2.20. The highest BCUT2D eigenvalue weighted by Gasteiger charge is 2.67. The first-order valence-electron chi connectivity index (χ1n) is 16.8. The van der Waals surface area contributed by atoms with E-state index in [1.807, 2.05) is 13.8 Å². The van der Waals surface area contributed by atoms with Gasteiger partial charge < -0.3 is 4.42 Å². The van der Waals surface area contributed by atoms with Crippen molar-refractivity contribution in [3.8, 4) is 33.6 Å². The maximum absolute atomic E-state index is 9.47. The SMILES string of the molecule is [2H]C(C)(C)c1cc2[n+](cc1-c1c(C)cccc1C)C1(c3ccccc3-c3cccc[n+]31)c1ccc3c(oc4c5c(ccc43)CC=C5)c1-2. The summed E-state index contributed by atoms with van der Waals surface area (Å²) < 4.78 is 21.4. The van der Waals surface area contributed by atoms with E-state index in [0.29, 0.717) is 0 Å². The standard InChI is InChI=1S/C43H34N2O/c1-25(2)33-23-38-40-36(21-20-31-30-19-18-28-13-10-15-29(28)41(30)46-42(31)40)43(45(38)24-34(33)39-26(3)11-9-12-27(39)4)35-16-6-5-14-32(35)37-17-7-8-22-44(37)43/h5-12,14-25H,13H2,1-4H3/q+2/i25D. The minimum atomic E-state index is -0.846. The molecule has 0 bridgehead atoms. The lowest BCUT2D eigenvalue weighted by Crippen LogP contribution is -2.71. The van der Waals surface area contributed by atoms with Gasteiger partial charge in [0.1, 0.15) is 27.9 Å². The number of pyridine rings is 2. The highest BCUT2D eigenvalue weighted by atomic mass is 16.3. The van der Waals surface area contributed by atoms with Crippen molar-refractivity contribution in [1.82, 2.24) is 0 Å². The summed E-state index contributed by atoms with van der Waals surface area (Å²) in [6, 6.07) is 33.2. The largest absolute Gasteiger partial charge is 0.454 e. The third-order valence-corrected chi connectivity index (χ3v) is 10.7. The average molecular weight is 596 g/mol. The smallest absolute Gasteiger partial charge is 0.417 e. The van der Waals surface area contributed by atoms with Crippen LogP contribution in [0, 0.1) is 13.8 Å². The van der Waals surface area contributed by atoms with Gasteiger partial charge in [0.2, 0.25) is 11.4 Å². The molecule has 10 rings (SSSR count). The molecule has 3 aliphatic rings. The zero-order chi connectivity index (χ0) is 31.8. The number of fused-ring (bicyclic) bond motifs is 16. The Kier molecular flexibility index (Phi) is 4.84. The molecule has 1 spiro atoms. The summed E-state index contributed by atoms with van der Waals surface area (Å²) in [5.74, 6) is -0.846. The van der Waals surface area contributed by atoms with Crippen molar-refractivity contribution in [3.63, 3.8) is 0 Å². The van der Waals surface area contributed by atoms with E-state index in [1.165, 1.54) is 50.2 Å². The van der Waals surface area contributed by atoms with Crippen LogP contribution in [0.25, 0.3) is 61.7 Å². The molecule has 1 aliphatic carbocycles. The number of hydrogen-bond acceptors (Lipinski definition) is 1. The van der Waals surface area contributed by atoms with Gasteiger partial charge >= 0.3 is 5.66 Å². The van der Waals surface area contributed by atoms with Crippen molar-refractivity contribution in [2.45, 2.75) is 45.7 Å². The van der Waals surface area contributed by atoms with Gasteiger partial charge in [-0.25, -0.2) is 0 Å². The average Bonchev–Trinajstić information content (AvgIpc) is 3.82. The number of nitrogens with zero attached hydrogens (tertiary/aromatic N) is 2. The first-order chi connectivity index (χ1) is 22.8. The maximum atomic E-state index is 9.47. The second kappa shape index (κ2) is 8.92. The summed E-state index contributed by atoms with van der Waals surface area (Å²) in [6.07, 6.45) is 9.94. The molecule has 7 aromatic rings. The van der Waals surface area contributed by atoms with Crippen molar-refractivity contribution >= 4 is 28.0 Å². The fourth-order valence-corrected chi connectivity index (χ4v) is 8.77. The number of aryl methyl sites for hydroxylation is 2. The first-order valence-corrected chi connectivity index (χ1v) is 16.3. The molecule has 0 amide bonds. The molecule has 0 N–H and O–H groups in total. The second-order valence-electron chi connectivity index (χ2n) is 13.4. The number of benzene rings is 4. The van der Waals surface area contributed by atoms with Crippen LogP contribution in [-0.4, -0.2) is 0 Å². The number of allylic oxidation sites excluding steroid dienone is 1. The van der Waals surface area contributed by atoms with E-state index in [4.69, 9.17) is 4.42 Å². The Labute approximate surface area is 270 Å². The summed E-state index contributed by atoms with van der Waals surface area (Å²) >= 11 is 0. The molecule has 0 radical (unpaired) electrons. The van der Waals surface area contributed by atoms with Gasteiger partial charge in [-0.3, -0.25) is 0 Å². The molecule has 220 valence electrons.